The second-order valence-electron chi connectivity index (χ2n) is 5.71. The van der Waals surface area contributed by atoms with E-state index >= 15 is 0 Å². The van der Waals surface area contributed by atoms with Crippen molar-refractivity contribution in [2.75, 3.05) is 20.2 Å². The van der Waals surface area contributed by atoms with Gasteiger partial charge in [-0.25, -0.2) is 0 Å². The molecule has 1 saturated heterocycles. The Labute approximate surface area is 141 Å². The number of hydrogen-bond acceptors (Lipinski definition) is 4. The van der Waals surface area contributed by atoms with E-state index in [-0.39, 0.29) is 23.7 Å². The lowest BCUT2D eigenvalue weighted by Crippen LogP contribution is -2.40. The molecule has 0 unspecified atom stereocenters. The maximum Gasteiger partial charge on any atom is 0.308 e. The normalized spacial score (nSPS) is 14.8. The zero-order valence-electron chi connectivity index (χ0n) is 13.8. The van der Waals surface area contributed by atoms with E-state index in [2.05, 4.69) is 11.9 Å². The van der Waals surface area contributed by atoms with Crippen LogP contribution in [0.25, 0.3) is 0 Å². The molecule has 128 valence electrons. The quantitative estimate of drug-likeness (QED) is 0.656. The van der Waals surface area contributed by atoms with Gasteiger partial charge in [-0.3, -0.25) is 14.4 Å². The molecule has 0 aromatic heterocycles. The van der Waals surface area contributed by atoms with Crippen molar-refractivity contribution in [2.45, 2.75) is 19.4 Å². The average Bonchev–Trinajstić information content (AvgIpc) is 2.65. The molecule has 0 bridgehead atoms. The Bertz CT molecular complexity index is 616. The van der Waals surface area contributed by atoms with Crippen LogP contribution in [0, 0.1) is 5.92 Å². The molecule has 0 saturated carbocycles. The minimum absolute atomic E-state index is 0.0417. The Kier molecular flexibility index (Phi) is 6.12. The monoisotopic (exact) mass is 330 g/mol. The lowest BCUT2D eigenvalue weighted by atomic mass is 9.96. The summed E-state index contributed by atoms with van der Waals surface area (Å²) in [6.07, 6.45) is 2.48. The Morgan fingerprint density at radius 1 is 1.25 bits per heavy atom. The second-order valence-corrected chi connectivity index (χ2v) is 5.71. The SMILES string of the molecule is C=CC(=O)NCc1ccc(C(=O)N2CCC(C(=O)OC)CC2)cc1. The third kappa shape index (κ3) is 4.44. The molecule has 1 aromatic carbocycles. The van der Waals surface area contributed by atoms with Gasteiger partial charge in [-0.2, -0.15) is 0 Å². The van der Waals surface area contributed by atoms with E-state index in [0.29, 0.717) is 38.0 Å². The van der Waals surface area contributed by atoms with Gasteiger partial charge in [0.2, 0.25) is 5.91 Å². The number of rotatable bonds is 5. The molecule has 6 nitrogen and oxygen atoms in total. The van der Waals surface area contributed by atoms with Crippen molar-refractivity contribution in [2.24, 2.45) is 5.92 Å². The zero-order valence-corrected chi connectivity index (χ0v) is 13.8. The van der Waals surface area contributed by atoms with Crippen molar-refractivity contribution in [3.63, 3.8) is 0 Å². The highest BCUT2D eigenvalue weighted by Gasteiger charge is 2.28. The van der Waals surface area contributed by atoms with Crippen LogP contribution in [0.4, 0.5) is 0 Å². The van der Waals surface area contributed by atoms with Crippen LogP contribution in [0.5, 0.6) is 0 Å². The summed E-state index contributed by atoms with van der Waals surface area (Å²) in [6.45, 7) is 4.89. The zero-order chi connectivity index (χ0) is 17.5. The van der Waals surface area contributed by atoms with Gasteiger partial charge in [0.05, 0.1) is 13.0 Å². The molecule has 0 aliphatic carbocycles. The van der Waals surface area contributed by atoms with Gasteiger partial charge in [0.1, 0.15) is 0 Å². The summed E-state index contributed by atoms with van der Waals surface area (Å²) < 4.78 is 4.75. The smallest absolute Gasteiger partial charge is 0.308 e. The predicted molar refractivity (Wildman–Crippen MR) is 89.1 cm³/mol. The maximum absolute atomic E-state index is 12.5. The first-order valence-corrected chi connectivity index (χ1v) is 7.91. The molecule has 0 radical (unpaired) electrons. The third-order valence-electron chi connectivity index (χ3n) is 4.17. The minimum atomic E-state index is -0.233. The van der Waals surface area contributed by atoms with Gasteiger partial charge in [0, 0.05) is 25.2 Å². The van der Waals surface area contributed by atoms with E-state index in [9.17, 15) is 14.4 Å². The van der Waals surface area contributed by atoms with E-state index in [1.807, 2.05) is 12.1 Å². The van der Waals surface area contributed by atoms with Crippen LogP contribution >= 0.6 is 0 Å². The standard InChI is InChI=1S/C18H22N2O4/c1-3-16(21)19-12-13-4-6-14(7-5-13)17(22)20-10-8-15(9-11-20)18(23)24-2/h3-7,15H,1,8-12H2,2H3,(H,19,21). The van der Waals surface area contributed by atoms with E-state index in [4.69, 9.17) is 4.74 Å². The highest BCUT2D eigenvalue weighted by atomic mass is 16.5. The van der Waals surface area contributed by atoms with E-state index < -0.39 is 0 Å². The van der Waals surface area contributed by atoms with Crippen LogP contribution in [0.3, 0.4) is 0 Å². The first kappa shape index (κ1) is 17.7. The van der Waals surface area contributed by atoms with Crippen LogP contribution < -0.4 is 5.32 Å². The van der Waals surface area contributed by atoms with Gasteiger partial charge in [0.25, 0.3) is 5.91 Å². The van der Waals surface area contributed by atoms with E-state index in [0.717, 1.165) is 5.56 Å². The summed E-state index contributed by atoms with van der Waals surface area (Å²) in [5, 5.41) is 2.69. The van der Waals surface area contributed by atoms with Crippen LogP contribution in [0.1, 0.15) is 28.8 Å². The molecule has 0 atom stereocenters. The topological polar surface area (TPSA) is 75.7 Å². The molecule has 1 aliphatic rings. The van der Waals surface area contributed by atoms with Gasteiger partial charge in [-0.1, -0.05) is 18.7 Å². The molecule has 1 fully saturated rings. The highest BCUT2D eigenvalue weighted by Crippen LogP contribution is 2.20. The van der Waals surface area contributed by atoms with Gasteiger partial charge >= 0.3 is 5.97 Å². The number of hydrogen-bond donors (Lipinski definition) is 1. The van der Waals surface area contributed by atoms with Crippen LogP contribution in [0.15, 0.2) is 36.9 Å². The maximum atomic E-state index is 12.5. The molecule has 1 N–H and O–H groups in total. The van der Waals surface area contributed by atoms with Crippen molar-refractivity contribution in [1.29, 1.82) is 0 Å². The van der Waals surface area contributed by atoms with Gasteiger partial charge in [-0.05, 0) is 36.6 Å². The molecule has 2 rings (SSSR count). The van der Waals surface area contributed by atoms with Crippen LogP contribution in [0.2, 0.25) is 0 Å². The third-order valence-corrected chi connectivity index (χ3v) is 4.17. The van der Waals surface area contributed by atoms with Gasteiger partial charge in [0.15, 0.2) is 0 Å². The molecule has 1 aliphatic heterocycles. The number of carbonyl (C=O) groups is 3. The van der Waals surface area contributed by atoms with Gasteiger partial charge < -0.3 is 15.0 Å². The number of nitrogens with one attached hydrogen (secondary N) is 1. The summed E-state index contributed by atoms with van der Waals surface area (Å²) in [5.41, 5.74) is 1.51. The molecule has 1 aromatic rings. The van der Waals surface area contributed by atoms with Crippen molar-refractivity contribution in [1.82, 2.24) is 10.2 Å². The largest absolute Gasteiger partial charge is 0.469 e. The number of amides is 2. The minimum Gasteiger partial charge on any atom is -0.469 e. The average molecular weight is 330 g/mol. The fourth-order valence-corrected chi connectivity index (χ4v) is 2.69. The second kappa shape index (κ2) is 8.29. The molecular formula is C18H22N2O4. The number of likely N-dealkylation sites (tertiary alicyclic amines) is 1. The van der Waals surface area contributed by atoms with Crippen LogP contribution in [-0.2, 0) is 20.9 Å². The summed E-state index contributed by atoms with van der Waals surface area (Å²) in [5.74, 6) is -0.591. The Morgan fingerprint density at radius 3 is 2.42 bits per heavy atom. The lowest BCUT2D eigenvalue weighted by molar-refractivity contribution is -0.146. The molecular weight excluding hydrogens is 308 g/mol. The number of benzene rings is 1. The molecule has 24 heavy (non-hydrogen) atoms. The highest BCUT2D eigenvalue weighted by molar-refractivity contribution is 5.94. The number of ether oxygens (including phenoxy) is 1. The van der Waals surface area contributed by atoms with E-state index in [1.54, 1.807) is 17.0 Å². The molecule has 6 heteroatoms. The first-order valence-electron chi connectivity index (χ1n) is 7.91. The number of piperidine rings is 1. The summed E-state index contributed by atoms with van der Waals surface area (Å²) in [4.78, 5) is 36.9. The van der Waals surface area contributed by atoms with Crippen molar-refractivity contribution < 1.29 is 19.1 Å². The number of esters is 1. The Hall–Kier alpha value is -2.63. The fourth-order valence-electron chi connectivity index (χ4n) is 2.69. The van der Waals surface area contributed by atoms with Crippen molar-refractivity contribution in [3.05, 3.63) is 48.0 Å². The van der Waals surface area contributed by atoms with E-state index in [1.165, 1.54) is 13.2 Å². The Morgan fingerprint density at radius 2 is 1.88 bits per heavy atom. The lowest BCUT2D eigenvalue weighted by Gasteiger charge is -2.30. The Balaban J connectivity index is 1.90. The van der Waals surface area contributed by atoms with Gasteiger partial charge in [-0.15, -0.1) is 0 Å². The molecule has 2 amide bonds. The summed E-state index contributed by atoms with van der Waals surface area (Å²) in [7, 11) is 1.39. The molecule has 1 heterocycles. The first-order chi connectivity index (χ1) is 11.5. The predicted octanol–water partition coefficient (Wildman–Crippen LogP) is 1.51. The fraction of sp³-hybridized carbons (Fsp3) is 0.389. The number of nitrogens with zero attached hydrogens (tertiary/aromatic N) is 1. The molecule has 0 spiro atoms. The summed E-state index contributed by atoms with van der Waals surface area (Å²) in [6, 6.07) is 7.14. The van der Waals surface area contributed by atoms with Crippen LogP contribution in [-0.4, -0.2) is 42.9 Å². The number of carbonyl (C=O) groups excluding carboxylic acids is 3. The van der Waals surface area contributed by atoms with Crippen molar-refractivity contribution >= 4 is 17.8 Å². The summed E-state index contributed by atoms with van der Waals surface area (Å²) >= 11 is 0. The number of methoxy groups -OCH3 is 1. The van der Waals surface area contributed by atoms with Crippen molar-refractivity contribution in [3.8, 4) is 0 Å².